The number of nitrogen functional groups attached to an aromatic ring is 1. The Bertz CT molecular complexity index is 697. The van der Waals surface area contributed by atoms with Gasteiger partial charge in [0.2, 0.25) is 11.8 Å². The van der Waals surface area contributed by atoms with E-state index in [9.17, 15) is 9.59 Å². The van der Waals surface area contributed by atoms with Gasteiger partial charge in [0.05, 0.1) is 7.11 Å². The van der Waals surface area contributed by atoms with E-state index in [2.05, 4.69) is 10.3 Å². The monoisotopic (exact) mass is 288 g/mol. The maximum atomic E-state index is 11.8. The average Bonchev–Trinajstić information content (AvgIpc) is 2.49. The van der Waals surface area contributed by atoms with Gasteiger partial charge < -0.3 is 20.4 Å². The lowest BCUT2D eigenvalue weighted by atomic mass is 10.2. The lowest BCUT2D eigenvalue weighted by molar-refractivity contribution is -0.121. The van der Waals surface area contributed by atoms with Crippen LogP contribution >= 0.6 is 0 Å². The maximum absolute atomic E-state index is 11.8. The Labute approximate surface area is 121 Å². The number of amides is 1. The third-order valence-corrected chi connectivity index (χ3v) is 2.82. The number of anilines is 1. The molecular formula is C14H16N4O3. The molecule has 0 aliphatic heterocycles. The minimum absolute atomic E-state index is 0.0773. The van der Waals surface area contributed by atoms with E-state index in [4.69, 9.17) is 10.5 Å². The van der Waals surface area contributed by atoms with Crippen molar-refractivity contribution in [2.75, 3.05) is 12.8 Å². The zero-order chi connectivity index (χ0) is 15.2. The molecule has 2 aromatic rings. The van der Waals surface area contributed by atoms with Gasteiger partial charge in [0.15, 0.2) is 0 Å². The Kier molecular flexibility index (Phi) is 4.55. The number of pyridine rings is 2. The van der Waals surface area contributed by atoms with Crippen molar-refractivity contribution in [1.29, 1.82) is 0 Å². The number of aromatic nitrogens is 2. The van der Waals surface area contributed by atoms with E-state index < -0.39 is 0 Å². The molecular weight excluding hydrogens is 272 g/mol. The first kappa shape index (κ1) is 14.6. The second kappa shape index (κ2) is 6.56. The summed E-state index contributed by atoms with van der Waals surface area (Å²) in [6, 6.07) is 6.33. The topological polar surface area (TPSA) is 99.2 Å². The zero-order valence-electron chi connectivity index (χ0n) is 11.6. The molecule has 0 aliphatic carbocycles. The number of ether oxygens (including phenoxy) is 1. The highest BCUT2D eigenvalue weighted by Gasteiger charge is 2.05. The number of nitrogens with zero attached hydrogens (tertiary/aromatic N) is 2. The minimum atomic E-state index is -0.279. The summed E-state index contributed by atoms with van der Waals surface area (Å²) in [5, 5.41) is 2.72. The van der Waals surface area contributed by atoms with E-state index in [1.165, 1.54) is 30.0 Å². The third kappa shape index (κ3) is 4.07. The van der Waals surface area contributed by atoms with E-state index in [0.29, 0.717) is 18.1 Å². The summed E-state index contributed by atoms with van der Waals surface area (Å²) in [5.41, 5.74) is 6.60. The van der Waals surface area contributed by atoms with Crippen LogP contribution in [0.25, 0.3) is 0 Å². The first-order valence-corrected chi connectivity index (χ1v) is 6.30. The molecule has 1 amide bonds. The van der Waals surface area contributed by atoms with Gasteiger partial charge in [-0.05, 0) is 17.7 Å². The fraction of sp³-hybridized carbons (Fsp3) is 0.214. The van der Waals surface area contributed by atoms with Crippen molar-refractivity contribution in [3.8, 4) is 5.88 Å². The SMILES string of the molecule is COc1cc(CNC(=O)Cn2cc(N)ccc2=O)ccn1. The number of carbonyl (C=O) groups is 1. The first-order chi connectivity index (χ1) is 10.1. The lowest BCUT2D eigenvalue weighted by Crippen LogP contribution is -2.31. The van der Waals surface area contributed by atoms with Crippen LogP contribution in [0.3, 0.4) is 0 Å². The van der Waals surface area contributed by atoms with E-state index in [-0.39, 0.29) is 18.0 Å². The summed E-state index contributed by atoms with van der Waals surface area (Å²) in [6.45, 7) is 0.251. The lowest BCUT2D eigenvalue weighted by Gasteiger charge is -2.08. The fourth-order valence-electron chi connectivity index (χ4n) is 1.76. The molecule has 0 aliphatic rings. The summed E-state index contributed by atoms with van der Waals surface area (Å²) in [7, 11) is 1.52. The molecule has 0 unspecified atom stereocenters. The molecule has 0 saturated carbocycles. The molecule has 2 rings (SSSR count). The zero-order valence-corrected chi connectivity index (χ0v) is 11.6. The van der Waals surface area contributed by atoms with E-state index >= 15 is 0 Å². The summed E-state index contributed by atoms with van der Waals surface area (Å²) in [5.74, 6) is 0.201. The predicted octanol–water partition coefficient (Wildman–Crippen LogP) is 0.150. The normalized spacial score (nSPS) is 10.1. The van der Waals surface area contributed by atoms with Crippen LogP contribution in [0.1, 0.15) is 5.56 Å². The van der Waals surface area contributed by atoms with E-state index in [1.54, 1.807) is 18.3 Å². The summed E-state index contributed by atoms with van der Waals surface area (Å²) in [4.78, 5) is 27.4. The summed E-state index contributed by atoms with van der Waals surface area (Å²) >= 11 is 0. The van der Waals surface area contributed by atoms with Gasteiger partial charge in [0, 0.05) is 36.8 Å². The van der Waals surface area contributed by atoms with Gasteiger partial charge in [0.1, 0.15) is 6.54 Å². The van der Waals surface area contributed by atoms with Gasteiger partial charge in [-0.15, -0.1) is 0 Å². The number of hydrogen-bond donors (Lipinski definition) is 2. The number of hydrogen-bond acceptors (Lipinski definition) is 5. The molecule has 0 fully saturated rings. The Morgan fingerprint density at radius 3 is 3.00 bits per heavy atom. The van der Waals surface area contributed by atoms with Crippen molar-refractivity contribution < 1.29 is 9.53 Å². The van der Waals surface area contributed by atoms with Crippen LogP contribution in [-0.4, -0.2) is 22.6 Å². The molecule has 0 saturated heterocycles. The fourth-order valence-corrected chi connectivity index (χ4v) is 1.76. The van der Waals surface area contributed by atoms with Crippen molar-refractivity contribution in [2.45, 2.75) is 13.1 Å². The molecule has 0 aromatic carbocycles. The summed E-state index contributed by atoms with van der Waals surface area (Å²) in [6.07, 6.45) is 3.04. The largest absolute Gasteiger partial charge is 0.481 e. The first-order valence-electron chi connectivity index (χ1n) is 6.30. The number of methoxy groups -OCH3 is 1. The van der Waals surface area contributed by atoms with Gasteiger partial charge >= 0.3 is 0 Å². The predicted molar refractivity (Wildman–Crippen MR) is 77.8 cm³/mol. The Hall–Kier alpha value is -2.83. The van der Waals surface area contributed by atoms with Crippen LogP contribution in [0.2, 0.25) is 0 Å². The maximum Gasteiger partial charge on any atom is 0.251 e. The quantitative estimate of drug-likeness (QED) is 0.816. The molecule has 2 heterocycles. The van der Waals surface area contributed by atoms with Crippen molar-refractivity contribution in [1.82, 2.24) is 14.9 Å². The molecule has 21 heavy (non-hydrogen) atoms. The smallest absolute Gasteiger partial charge is 0.251 e. The summed E-state index contributed by atoms with van der Waals surface area (Å²) < 4.78 is 6.26. The Morgan fingerprint density at radius 1 is 1.43 bits per heavy atom. The second-order valence-corrected chi connectivity index (χ2v) is 4.41. The second-order valence-electron chi connectivity index (χ2n) is 4.41. The van der Waals surface area contributed by atoms with Crippen molar-refractivity contribution in [3.05, 3.63) is 52.6 Å². The highest BCUT2D eigenvalue weighted by Crippen LogP contribution is 2.07. The number of carbonyl (C=O) groups excluding carboxylic acids is 1. The molecule has 3 N–H and O–H groups in total. The number of nitrogens with one attached hydrogen (secondary N) is 1. The minimum Gasteiger partial charge on any atom is -0.481 e. The van der Waals surface area contributed by atoms with Crippen LogP contribution in [0.4, 0.5) is 5.69 Å². The van der Waals surface area contributed by atoms with Crippen LogP contribution in [-0.2, 0) is 17.9 Å². The highest BCUT2D eigenvalue weighted by molar-refractivity contribution is 5.75. The molecule has 0 bridgehead atoms. The van der Waals surface area contributed by atoms with E-state index in [1.807, 2.05) is 0 Å². The van der Waals surface area contributed by atoms with Gasteiger partial charge in [-0.2, -0.15) is 0 Å². The Morgan fingerprint density at radius 2 is 2.24 bits per heavy atom. The van der Waals surface area contributed by atoms with Gasteiger partial charge in [-0.25, -0.2) is 4.98 Å². The van der Waals surface area contributed by atoms with Crippen LogP contribution in [0.15, 0.2) is 41.5 Å². The Balaban J connectivity index is 1.95. The highest BCUT2D eigenvalue weighted by atomic mass is 16.5. The van der Waals surface area contributed by atoms with Gasteiger partial charge in [0.25, 0.3) is 5.56 Å². The van der Waals surface area contributed by atoms with Gasteiger partial charge in [-0.3, -0.25) is 9.59 Å². The molecule has 0 spiro atoms. The van der Waals surface area contributed by atoms with E-state index in [0.717, 1.165) is 5.56 Å². The number of rotatable bonds is 5. The van der Waals surface area contributed by atoms with Crippen molar-refractivity contribution in [3.63, 3.8) is 0 Å². The van der Waals surface area contributed by atoms with Crippen molar-refractivity contribution >= 4 is 11.6 Å². The van der Waals surface area contributed by atoms with Crippen LogP contribution < -0.4 is 21.3 Å². The van der Waals surface area contributed by atoms with Crippen LogP contribution in [0.5, 0.6) is 5.88 Å². The van der Waals surface area contributed by atoms with Gasteiger partial charge in [-0.1, -0.05) is 0 Å². The molecule has 2 aromatic heterocycles. The van der Waals surface area contributed by atoms with Crippen molar-refractivity contribution in [2.24, 2.45) is 0 Å². The van der Waals surface area contributed by atoms with Crippen LogP contribution in [0, 0.1) is 0 Å². The standard InChI is InChI=1S/C14H16N4O3/c1-21-13-6-10(4-5-16-13)7-17-12(19)9-18-8-11(15)2-3-14(18)20/h2-6,8H,7,9,15H2,1H3,(H,17,19). The average molecular weight is 288 g/mol. The number of nitrogens with two attached hydrogens (primary N) is 1. The molecule has 0 radical (unpaired) electrons. The third-order valence-electron chi connectivity index (χ3n) is 2.82. The molecule has 7 heteroatoms. The molecule has 7 nitrogen and oxygen atoms in total. The molecule has 0 atom stereocenters. The molecule has 110 valence electrons.